The lowest BCUT2D eigenvalue weighted by molar-refractivity contribution is -0.0327. The van der Waals surface area contributed by atoms with Crippen molar-refractivity contribution in [3.8, 4) is 0 Å². The minimum atomic E-state index is -0.544. The maximum Gasteiger partial charge on any atom is 0.410 e. The van der Waals surface area contributed by atoms with Crippen LogP contribution in [-0.2, 0) is 9.47 Å². The van der Waals surface area contributed by atoms with E-state index in [-0.39, 0.29) is 12.1 Å². The summed E-state index contributed by atoms with van der Waals surface area (Å²) < 4.78 is 11.2. The lowest BCUT2D eigenvalue weighted by Crippen LogP contribution is -2.45. The number of carbonyl (C=O) groups is 1. The SMILES string of the molecule is CC(C)(C)OC(=O)N1CCOCC1c1cc(Cl)cc2ccncc12. The van der Waals surface area contributed by atoms with Crippen LogP contribution in [0.4, 0.5) is 4.79 Å². The van der Waals surface area contributed by atoms with Gasteiger partial charge in [-0.1, -0.05) is 11.6 Å². The number of morpholine rings is 1. The van der Waals surface area contributed by atoms with Crippen molar-refractivity contribution < 1.29 is 14.3 Å². The summed E-state index contributed by atoms with van der Waals surface area (Å²) in [6.07, 6.45) is 3.18. The molecule has 1 aromatic heterocycles. The lowest BCUT2D eigenvalue weighted by atomic mass is 9.99. The molecular formula is C18H21ClN2O3. The first-order valence-electron chi connectivity index (χ1n) is 7.96. The summed E-state index contributed by atoms with van der Waals surface area (Å²) in [5.41, 5.74) is 0.383. The highest BCUT2D eigenvalue weighted by Gasteiger charge is 2.33. The normalized spacial score (nSPS) is 18.7. The van der Waals surface area contributed by atoms with Gasteiger partial charge in [0.1, 0.15) is 5.60 Å². The van der Waals surface area contributed by atoms with Gasteiger partial charge in [0.2, 0.25) is 0 Å². The van der Waals surface area contributed by atoms with E-state index in [0.717, 1.165) is 16.3 Å². The number of halogens is 1. The quantitative estimate of drug-likeness (QED) is 0.775. The summed E-state index contributed by atoms with van der Waals surface area (Å²) in [6, 6.07) is 5.43. The number of benzene rings is 1. The van der Waals surface area contributed by atoms with E-state index in [2.05, 4.69) is 4.98 Å². The molecule has 1 atom stereocenters. The summed E-state index contributed by atoms with van der Waals surface area (Å²) in [7, 11) is 0. The van der Waals surface area contributed by atoms with Crippen molar-refractivity contribution in [2.45, 2.75) is 32.4 Å². The van der Waals surface area contributed by atoms with Crippen LogP contribution in [-0.4, -0.2) is 41.3 Å². The smallest absolute Gasteiger partial charge is 0.410 e. The third-order valence-electron chi connectivity index (χ3n) is 3.87. The molecule has 0 saturated carbocycles. The van der Waals surface area contributed by atoms with Crippen LogP contribution < -0.4 is 0 Å². The Morgan fingerprint density at radius 2 is 2.21 bits per heavy atom. The van der Waals surface area contributed by atoms with E-state index in [1.165, 1.54) is 0 Å². The molecule has 24 heavy (non-hydrogen) atoms. The fourth-order valence-corrected chi connectivity index (χ4v) is 3.10. The minimum Gasteiger partial charge on any atom is -0.444 e. The van der Waals surface area contributed by atoms with Crippen molar-refractivity contribution >= 4 is 28.5 Å². The van der Waals surface area contributed by atoms with Crippen molar-refractivity contribution in [1.29, 1.82) is 0 Å². The molecule has 1 saturated heterocycles. The molecule has 5 nitrogen and oxygen atoms in total. The average molecular weight is 349 g/mol. The molecule has 1 unspecified atom stereocenters. The fourth-order valence-electron chi connectivity index (χ4n) is 2.86. The first-order valence-corrected chi connectivity index (χ1v) is 8.33. The molecule has 1 aliphatic rings. The molecule has 0 aliphatic carbocycles. The van der Waals surface area contributed by atoms with Crippen LogP contribution in [0.2, 0.25) is 5.02 Å². The third-order valence-corrected chi connectivity index (χ3v) is 4.09. The highest BCUT2D eigenvalue weighted by molar-refractivity contribution is 6.31. The largest absolute Gasteiger partial charge is 0.444 e. The molecule has 128 valence electrons. The van der Waals surface area contributed by atoms with Crippen LogP contribution in [0, 0.1) is 0 Å². The second-order valence-corrected chi connectivity index (χ2v) is 7.29. The molecule has 0 spiro atoms. The van der Waals surface area contributed by atoms with Gasteiger partial charge in [-0.2, -0.15) is 0 Å². The second kappa shape index (κ2) is 6.57. The molecular weight excluding hydrogens is 328 g/mol. The van der Waals surface area contributed by atoms with Gasteiger partial charge in [0.25, 0.3) is 0 Å². The Hall–Kier alpha value is -1.85. The molecule has 2 aromatic rings. The fraction of sp³-hybridized carbons (Fsp3) is 0.444. The molecule has 0 radical (unpaired) electrons. The standard InChI is InChI=1S/C18H21ClN2O3/c1-18(2,3)24-17(22)21-6-7-23-11-16(21)14-9-13(19)8-12-4-5-20-10-15(12)14/h4-5,8-10,16H,6-7,11H2,1-3H3. The number of rotatable bonds is 1. The first-order chi connectivity index (χ1) is 11.3. The van der Waals surface area contributed by atoms with E-state index >= 15 is 0 Å². The molecule has 1 fully saturated rings. The Morgan fingerprint density at radius 1 is 1.42 bits per heavy atom. The lowest BCUT2D eigenvalue weighted by Gasteiger charge is -2.37. The summed E-state index contributed by atoms with van der Waals surface area (Å²) in [5.74, 6) is 0. The van der Waals surface area contributed by atoms with Crippen molar-refractivity contribution in [3.63, 3.8) is 0 Å². The number of hydrogen-bond acceptors (Lipinski definition) is 4. The molecule has 0 bridgehead atoms. The van der Waals surface area contributed by atoms with Gasteiger partial charge in [-0.3, -0.25) is 9.88 Å². The van der Waals surface area contributed by atoms with Gasteiger partial charge in [-0.15, -0.1) is 0 Å². The number of amides is 1. The summed E-state index contributed by atoms with van der Waals surface area (Å²) in [5, 5.41) is 2.58. The van der Waals surface area contributed by atoms with Gasteiger partial charge in [-0.25, -0.2) is 4.79 Å². The molecule has 1 aromatic carbocycles. The monoisotopic (exact) mass is 348 g/mol. The average Bonchev–Trinajstić information content (AvgIpc) is 2.52. The Kier molecular flexibility index (Phi) is 4.65. The predicted octanol–water partition coefficient (Wildman–Crippen LogP) is 4.20. The second-order valence-electron chi connectivity index (χ2n) is 6.86. The number of fused-ring (bicyclic) bond motifs is 1. The van der Waals surface area contributed by atoms with Crippen LogP contribution in [0.15, 0.2) is 30.6 Å². The van der Waals surface area contributed by atoms with Crippen LogP contribution in [0.3, 0.4) is 0 Å². The van der Waals surface area contributed by atoms with Crippen LogP contribution >= 0.6 is 11.6 Å². The van der Waals surface area contributed by atoms with Gasteiger partial charge < -0.3 is 9.47 Å². The molecule has 2 heterocycles. The van der Waals surface area contributed by atoms with E-state index in [4.69, 9.17) is 21.1 Å². The third kappa shape index (κ3) is 3.62. The van der Waals surface area contributed by atoms with E-state index in [1.807, 2.05) is 39.0 Å². The predicted molar refractivity (Wildman–Crippen MR) is 93.3 cm³/mol. The molecule has 1 amide bonds. The maximum atomic E-state index is 12.6. The molecule has 0 N–H and O–H groups in total. The minimum absolute atomic E-state index is 0.251. The highest BCUT2D eigenvalue weighted by atomic mass is 35.5. The summed E-state index contributed by atoms with van der Waals surface area (Å²) in [6.45, 7) is 6.96. The van der Waals surface area contributed by atoms with Crippen LogP contribution in [0.5, 0.6) is 0 Å². The van der Waals surface area contributed by atoms with E-state index in [0.29, 0.717) is 24.8 Å². The number of aromatic nitrogens is 1. The zero-order valence-electron chi connectivity index (χ0n) is 14.1. The number of nitrogens with zero attached hydrogens (tertiary/aromatic N) is 2. The number of carbonyl (C=O) groups excluding carboxylic acids is 1. The van der Waals surface area contributed by atoms with E-state index in [9.17, 15) is 4.79 Å². The Labute approximate surface area is 146 Å². The van der Waals surface area contributed by atoms with Gasteiger partial charge in [0.15, 0.2) is 0 Å². The Bertz CT molecular complexity index is 758. The summed E-state index contributed by atoms with van der Waals surface area (Å²) in [4.78, 5) is 18.5. The number of pyridine rings is 1. The molecule has 1 aliphatic heterocycles. The van der Waals surface area contributed by atoms with E-state index in [1.54, 1.807) is 17.3 Å². The van der Waals surface area contributed by atoms with Crippen LogP contribution in [0.25, 0.3) is 10.8 Å². The summed E-state index contributed by atoms with van der Waals surface area (Å²) >= 11 is 6.28. The van der Waals surface area contributed by atoms with Gasteiger partial charge in [0, 0.05) is 29.3 Å². The maximum absolute atomic E-state index is 12.6. The van der Waals surface area contributed by atoms with Crippen LogP contribution in [0.1, 0.15) is 32.4 Å². The molecule has 6 heteroatoms. The first kappa shape index (κ1) is 17.0. The van der Waals surface area contributed by atoms with Gasteiger partial charge >= 0.3 is 6.09 Å². The van der Waals surface area contributed by atoms with E-state index < -0.39 is 5.60 Å². The highest BCUT2D eigenvalue weighted by Crippen LogP contribution is 2.33. The Balaban J connectivity index is 2.01. The topological polar surface area (TPSA) is 51.7 Å². The van der Waals surface area contributed by atoms with Gasteiger partial charge in [-0.05, 0) is 49.9 Å². The number of ether oxygens (including phenoxy) is 2. The number of hydrogen-bond donors (Lipinski definition) is 0. The van der Waals surface area contributed by atoms with Crippen molar-refractivity contribution in [3.05, 3.63) is 41.2 Å². The van der Waals surface area contributed by atoms with Crippen molar-refractivity contribution in [2.24, 2.45) is 0 Å². The zero-order chi connectivity index (χ0) is 17.3. The van der Waals surface area contributed by atoms with Crippen molar-refractivity contribution in [1.82, 2.24) is 9.88 Å². The molecule has 3 rings (SSSR count). The van der Waals surface area contributed by atoms with Gasteiger partial charge in [0.05, 0.1) is 19.3 Å². The zero-order valence-corrected chi connectivity index (χ0v) is 14.8. The van der Waals surface area contributed by atoms with Crippen molar-refractivity contribution in [2.75, 3.05) is 19.8 Å². The Morgan fingerprint density at radius 3 is 2.96 bits per heavy atom.